The van der Waals surface area contributed by atoms with Crippen LogP contribution in [0.1, 0.15) is 54.7 Å². The van der Waals surface area contributed by atoms with E-state index < -0.39 is 0 Å². The van der Waals surface area contributed by atoms with Gasteiger partial charge in [0.2, 0.25) is 0 Å². The molecule has 0 aliphatic heterocycles. The molecule has 1 N–H and O–H groups in total. The average molecular weight is 361 g/mol. The Morgan fingerprint density at radius 2 is 1.74 bits per heavy atom. The van der Waals surface area contributed by atoms with Gasteiger partial charge in [0.25, 0.3) is 5.91 Å². The second kappa shape index (κ2) is 8.38. The van der Waals surface area contributed by atoms with Gasteiger partial charge in [-0.15, -0.1) is 0 Å². The Balaban J connectivity index is 1.50. The summed E-state index contributed by atoms with van der Waals surface area (Å²) < 4.78 is 2.30. The number of fused-ring (bicyclic) bond motifs is 1. The van der Waals surface area contributed by atoms with Gasteiger partial charge >= 0.3 is 0 Å². The maximum atomic E-state index is 12.4. The van der Waals surface area contributed by atoms with Crippen LogP contribution in [0.4, 0.5) is 0 Å². The van der Waals surface area contributed by atoms with Crippen molar-refractivity contribution in [3.05, 3.63) is 66.0 Å². The van der Waals surface area contributed by atoms with Crippen molar-refractivity contribution in [3.63, 3.8) is 0 Å². The summed E-state index contributed by atoms with van der Waals surface area (Å²) in [6.45, 7) is 1.43. The number of rotatable bonds is 6. The van der Waals surface area contributed by atoms with Gasteiger partial charge in [-0.25, -0.2) is 4.98 Å². The highest BCUT2D eigenvalue weighted by atomic mass is 16.1. The molecule has 0 spiro atoms. The zero-order valence-corrected chi connectivity index (χ0v) is 15.7. The number of hydrogen-bond acceptors (Lipinski definition) is 2. The van der Waals surface area contributed by atoms with Crippen LogP contribution in [0.25, 0.3) is 11.0 Å². The van der Waals surface area contributed by atoms with E-state index in [1.165, 1.54) is 38.5 Å². The van der Waals surface area contributed by atoms with Crippen LogP contribution in [0.3, 0.4) is 0 Å². The number of nitrogens with zero attached hydrogens (tertiary/aromatic N) is 2. The number of para-hydroxylation sites is 2. The minimum atomic E-state index is -0.0542. The van der Waals surface area contributed by atoms with Crippen LogP contribution in [-0.4, -0.2) is 15.5 Å². The predicted molar refractivity (Wildman–Crippen MR) is 109 cm³/mol. The van der Waals surface area contributed by atoms with E-state index in [9.17, 15) is 4.79 Å². The Bertz CT molecular complexity index is 894. The first-order valence-electron chi connectivity index (χ1n) is 10.1. The van der Waals surface area contributed by atoms with E-state index in [-0.39, 0.29) is 5.91 Å². The molecule has 0 saturated heterocycles. The Labute approximate surface area is 160 Å². The number of nitrogens with one attached hydrogen (secondary N) is 1. The van der Waals surface area contributed by atoms with Gasteiger partial charge in [-0.2, -0.15) is 0 Å². The molecule has 1 fully saturated rings. The molecule has 4 nitrogen and oxygen atoms in total. The lowest BCUT2D eigenvalue weighted by molar-refractivity contribution is 0.0949. The zero-order chi connectivity index (χ0) is 18.5. The van der Waals surface area contributed by atoms with E-state index in [1.54, 1.807) is 0 Å². The lowest BCUT2D eigenvalue weighted by Crippen LogP contribution is -2.25. The molecular formula is C23H27N3O. The normalized spacial score (nSPS) is 15.1. The number of amides is 1. The van der Waals surface area contributed by atoms with Gasteiger partial charge in [0.15, 0.2) is 0 Å². The van der Waals surface area contributed by atoms with E-state index in [0.29, 0.717) is 12.1 Å². The van der Waals surface area contributed by atoms with Crippen molar-refractivity contribution in [3.8, 4) is 0 Å². The molecule has 0 unspecified atom stereocenters. The molecule has 1 heterocycles. The van der Waals surface area contributed by atoms with Gasteiger partial charge in [-0.1, -0.05) is 62.4 Å². The standard InChI is InChI=1S/C23H27N3O/c27-23(19-11-5-2-6-12-19)24-17-22-25-20-13-7-8-14-21(20)26(22)16-15-18-9-3-1-4-10-18/h2,5-8,11-14,18H,1,3-4,9-10,15-17H2,(H,24,27). The highest BCUT2D eigenvalue weighted by molar-refractivity contribution is 5.94. The minimum absolute atomic E-state index is 0.0542. The third-order valence-electron chi connectivity index (χ3n) is 5.66. The molecule has 0 atom stereocenters. The monoisotopic (exact) mass is 361 g/mol. The number of aromatic nitrogens is 2. The smallest absolute Gasteiger partial charge is 0.251 e. The van der Waals surface area contributed by atoms with Crippen LogP contribution < -0.4 is 5.32 Å². The van der Waals surface area contributed by atoms with Crippen molar-refractivity contribution < 1.29 is 4.79 Å². The van der Waals surface area contributed by atoms with Crippen molar-refractivity contribution in [1.29, 1.82) is 0 Å². The van der Waals surface area contributed by atoms with Crippen LogP contribution in [0, 0.1) is 5.92 Å². The Morgan fingerprint density at radius 1 is 1.00 bits per heavy atom. The average Bonchev–Trinajstić information content (AvgIpc) is 3.09. The SMILES string of the molecule is O=C(NCc1nc2ccccc2n1CCC1CCCCC1)c1ccccc1. The summed E-state index contributed by atoms with van der Waals surface area (Å²) in [5.41, 5.74) is 2.85. The highest BCUT2D eigenvalue weighted by Gasteiger charge is 2.16. The van der Waals surface area contributed by atoms with E-state index in [2.05, 4.69) is 28.1 Å². The molecule has 27 heavy (non-hydrogen) atoms. The summed E-state index contributed by atoms with van der Waals surface area (Å²) >= 11 is 0. The molecule has 4 heteroatoms. The first-order valence-corrected chi connectivity index (χ1v) is 10.1. The number of hydrogen-bond donors (Lipinski definition) is 1. The van der Waals surface area contributed by atoms with Gasteiger partial charge in [0, 0.05) is 12.1 Å². The summed E-state index contributed by atoms with van der Waals surface area (Å²) in [4.78, 5) is 17.2. The van der Waals surface area contributed by atoms with E-state index in [4.69, 9.17) is 4.98 Å². The number of carbonyl (C=O) groups excluding carboxylic acids is 1. The van der Waals surface area contributed by atoms with Gasteiger partial charge < -0.3 is 9.88 Å². The third-order valence-corrected chi connectivity index (χ3v) is 5.66. The number of aryl methyl sites for hydroxylation is 1. The minimum Gasteiger partial charge on any atom is -0.345 e. The van der Waals surface area contributed by atoms with Crippen LogP contribution in [-0.2, 0) is 13.1 Å². The summed E-state index contributed by atoms with van der Waals surface area (Å²) in [5.74, 6) is 1.71. The molecule has 140 valence electrons. The maximum Gasteiger partial charge on any atom is 0.251 e. The summed E-state index contributed by atoms with van der Waals surface area (Å²) in [7, 11) is 0. The third kappa shape index (κ3) is 4.21. The Hall–Kier alpha value is -2.62. The zero-order valence-electron chi connectivity index (χ0n) is 15.7. The number of benzene rings is 2. The summed E-state index contributed by atoms with van der Waals surface area (Å²) in [6.07, 6.45) is 8.03. The van der Waals surface area contributed by atoms with Gasteiger partial charge in [-0.3, -0.25) is 4.79 Å². The highest BCUT2D eigenvalue weighted by Crippen LogP contribution is 2.27. The fourth-order valence-corrected chi connectivity index (χ4v) is 4.15. The molecular weight excluding hydrogens is 334 g/mol. The first-order chi connectivity index (χ1) is 13.3. The Kier molecular flexibility index (Phi) is 5.52. The molecule has 1 amide bonds. The molecule has 1 saturated carbocycles. The van der Waals surface area contributed by atoms with Crippen LogP contribution in [0.5, 0.6) is 0 Å². The van der Waals surface area contributed by atoms with Crippen molar-refractivity contribution in [1.82, 2.24) is 14.9 Å². The molecule has 0 bridgehead atoms. The lowest BCUT2D eigenvalue weighted by atomic mass is 9.87. The molecule has 4 rings (SSSR count). The van der Waals surface area contributed by atoms with E-state index in [1.807, 2.05) is 36.4 Å². The summed E-state index contributed by atoms with van der Waals surface area (Å²) in [6, 6.07) is 17.6. The molecule has 1 aliphatic rings. The van der Waals surface area contributed by atoms with Crippen LogP contribution >= 0.6 is 0 Å². The summed E-state index contributed by atoms with van der Waals surface area (Å²) in [5, 5.41) is 3.03. The first kappa shape index (κ1) is 17.8. The van der Waals surface area contributed by atoms with Crippen LogP contribution in [0.2, 0.25) is 0 Å². The molecule has 2 aromatic carbocycles. The second-order valence-corrected chi connectivity index (χ2v) is 7.51. The number of imidazole rings is 1. The lowest BCUT2D eigenvalue weighted by Gasteiger charge is -2.22. The molecule has 1 aliphatic carbocycles. The predicted octanol–water partition coefficient (Wildman–Crippen LogP) is 4.94. The second-order valence-electron chi connectivity index (χ2n) is 7.51. The van der Waals surface area contributed by atoms with Crippen LogP contribution in [0.15, 0.2) is 54.6 Å². The Morgan fingerprint density at radius 3 is 2.56 bits per heavy atom. The fraction of sp³-hybridized carbons (Fsp3) is 0.391. The van der Waals surface area contributed by atoms with Gasteiger partial charge in [-0.05, 0) is 36.6 Å². The molecule has 3 aromatic rings. The van der Waals surface area contributed by atoms with Gasteiger partial charge in [0.1, 0.15) is 5.82 Å². The van der Waals surface area contributed by atoms with E-state index in [0.717, 1.165) is 29.3 Å². The largest absolute Gasteiger partial charge is 0.345 e. The quantitative estimate of drug-likeness (QED) is 0.676. The maximum absolute atomic E-state index is 12.4. The van der Waals surface area contributed by atoms with Gasteiger partial charge in [0.05, 0.1) is 17.6 Å². The number of carbonyl (C=O) groups is 1. The molecule has 0 radical (unpaired) electrons. The van der Waals surface area contributed by atoms with Crippen molar-refractivity contribution in [2.45, 2.75) is 51.6 Å². The van der Waals surface area contributed by atoms with Crippen molar-refractivity contribution >= 4 is 16.9 Å². The van der Waals surface area contributed by atoms with Crippen molar-refractivity contribution in [2.75, 3.05) is 0 Å². The molecule has 1 aromatic heterocycles. The fourth-order valence-electron chi connectivity index (χ4n) is 4.15. The topological polar surface area (TPSA) is 46.9 Å². The van der Waals surface area contributed by atoms with E-state index >= 15 is 0 Å². The van der Waals surface area contributed by atoms with Crippen molar-refractivity contribution in [2.24, 2.45) is 5.92 Å².